The van der Waals surface area contributed by atoms with Gasteiger partial charge in [-0.05, 0) is 34.0 Å². The van der Waals surface area contributed by atoms with E-state index in [0.29, 0.717) is 0 Å². The van der Waals surface area contributed by atoms with E-state index < -0.39 is 0 Å². The van der Waals surface area contributed by atoms with E-state index >= 15 is 0 Å². The highest BCUT2D eigenvalue weighted by Crippen LogP contribution is 2.48. The average molecular weight is 353 g/mol. The Balaban J connectivity index is 1.86. The smallest absolute Gasteiger partial charge is 0.121 e. The molecule has 0 spiro atoms. The van der Waals surface area contributed by atoms with Gasteiger partial charge in [0.2, 0.25) is 0 Å². The minimum atomic E-state index is -0.172. The number of benzene rings is 4. The van der Waals surface area contributed by atoms with Crippen molar-refractivity contribution in [1.29, 1.82) is 0 Å². The van der Waals surface area contributed by atoms with E-state index in [1.807, 2.05) is 48.5 Å². The minimum Gasteiger partial charge on any atom is -0.508 e. The van der Waals surface area contributed by atoms with Gasteiger partial charge in [0, 0.05) is 11.1 Å². The van der Waals surface area contributed by atoms with Crippen molar-refractivity contribution in [3.63, 3.8) is 0 Å². The molecule has 0 aliphatic carbocycles. The number of hydrogen-bond acceptors (Lipinski definition) is 3. The zero-order valence-electron chi connectivity index (χ0n) is 14.6. The van der Waals surface area contributed by atoms with Crippen molar-refractivity contribution >= 4 is 10.8 Å². The highest BCUT2D eigenvalue weighted by atomic mass is 16.3. The molecule has 2 atom stereocenters. The molecule has 4 aromatic carbocycles. The second-order valence-corrected chi connectivity index (χ2v) is 6.95. The highest BCUT2D eigenvalue weighted by Gasteiger charge is 2.33. The topological polar surface area (TPSA) is 52.5 Å². The zero-order valence-corrected chi connectivity index (χ0v) is 14.6. The molecule has 2 unspecified atom stereocenters. The van der Waals surface area contributed by atoms with Gasteiger partial charge in [-0.3, -0.25) is 5.32 Å². The molecule has 3 nitrogen and oxygen atoms in total. The van der Waals surface area contributed by atoms with Crippen molar-refractivity contribution in [2.45, 2.75) is 12.1 Å². The van der Waals surface area contributed by atoms with Gasteiger partial charge >= 0.3 is 0 Å². The SMILES string of the molecule is Oc1ccc2ccc(O)c3c2c1C(c1ccccc1)NC3c1ccccc1. The lowest BCUT2D eigenvalue weighted by atomic mass is 9.81. The first kappa shape index (κ1) is 15.9. The Kier molecular flexibility index (Phi) is 3.62. The summed E-state index contributed by atoms with van der Waals surface area (Å²) in [7, 11) is 0. The maximum absolute atomic E-state index is 10.7. The van der Waals surface area contributed by atoms with Gasteiger partial charge in [-0.15, -0.1) is 0 Å². The van der Waals surface area contributed by atoms with Crippen molar-refractivity contribution in [1.82, 2.24) is 5.32 Å². The quantitative estimate of drug-likeness (QED) is 0.474. The molecule has 0 saturated heterocycles. The Labute approximate surface area is 157 Å². The summed E-state index contributed by atoms with van der Waals surface area (Å²) in [4.78, 5) is 0. The van der Waals surface area contributed by atoms with Crippen LogP contribution in [0.4, 0.5) is 0 Å². The number of phenols is 2. The summed E-state index contributed by atoms with van der Waals surface area (Å²) in [5.74, 6) is 0.476. The van der Waals surface area contributed by atoms with Gasteiger partial charge in [-0.1, -0.05) is 72.8 Å². The van der Waals surface area contributed by atoms with Gasteiger partial charge in [0.25, 0.3) is 0 Å². The maximum atomic E-state index is 10.7. The Bertz CT molecular complexity index is 1040. The summed E-state index contributed by atoms with van der Waals surface area (Å²) >= 11 is 0. The molecular weight excluding hydrogens is 334 g/mol. The van der Waals surface area contributed by atoms with E-state index in [2.05, 4.69) is 29.6 Å². The average Bonchev–Trinajstić information content (AvgIpc) is 2.73. The molecule has 1 aliphatic rings. The van der Waals surface area contributed by atoms with Crippen LogP contribution < -0.4 is 5.32 Å². The van der Waals surface area contributed by atoms with E-state index in [0.717, 1.165) is 33.0 Å². The van der Waals surface area contributed by atoms with Gasteiger partial charge in [0.05, 0.1) is 12.1 Å². The Morgan fingerprint density at radius 3 is 1.44 bits per heavy atom. The number of nitrogens with one attached hydrogen (secondary N) is 1. The summed E-state index contributed by atoms with van der Waals surface area (Å²) < 4.78 is 0. The standard InChI is InChI=1S/C24H19NO2/c26-18-13-11-15-12-14-19(27)22-20(15)21(18)23(16-7-3-1-4-8-16)25-24(22)17-9-5-2-6-10-17/h1-14,23-27H. The third kappa shape index (κ3) is 2.47. The van der Waals surface area contributed by atoms with E-state index in [-0.39, 0.29) is 23.6 Å². The third-order valence-corrected chi connectivity index (χ3v) is 5.40. The Morgan fingerprint density at radius 1 is 0.556 bits per heavy atom. The van der Waals surface area contributed by atoms with Crippen LogP contribution >= 0.6 is 0 Å². The van der Waals surface area contributed by atoms with Crippen molar-refractivity contribution in [3.8, 4) is 11.5 Å². The number of aromatic hydroxyl groups is 2. The molecule has 3 N–H and O–H groups in total. The van der Waals surface area contributed by atoms with E-state index in [4.69, 9.17) is 0 Å². The Morgan fingerprint density at radius 2 is 1.00 bits per heavy atom. The van der Waals surface area contributed by atoms with Crippen LogP contribution in [0.5, 0.6) is 11.5 Å². The summed E-state index contributed by atoms with van der Waals surface area (Å²) in [5, 5.41) is 27.1. The molecule has 1 aliphatic heterocycles. The molecule has 27 heavy (non-hydrogen) atoms. The normalized spacial score (nSPS) is 18.5. The van der Waals surface area contributed by atoms with Crippen LogP contribution in [-0.4, -0.2) is 10.2 Å². The van der Waals surface area contributed by atoms with Gasteiger partial charge in [-0.2, -0.15) is 0 Å². The minimum absolute atomic E-state index is 0.172. The molecule has 0 amide bonds. The van der Waals surface area contributed by atoms with Gasteiger partial charge < -0.3 is 10.2 Å². The van der Waals surface area contributed by atoms with E-state index in [1.54, 1.807) is 12.1 Å². The van der Waals surface area contributed by atoms with Crippen LogP contribution in [0.3, 0.4) is 0 Å². The summed E-state index contributed by atoms with van der Waals surface area (Å²) in [5.41, 5.74) is 3.79. The second kappa shape index (κ2) is 6.15. The van der Waals surface area contributed by atoms with Crippen LogP contribution in [0.25, 0.3) is 10.8 Å². The molecule has 5 rings (SSSR count). The molecule has 0 fully saturated rings. The summed E-state index contributed by atoms with van der Waals surface area (Å²) in [6.45, 7) is 0. The van der Waals surface area contributed by atoms with Crippen molar-refractivity contribution < 1.29 is 10.2 Å². The molecular formula is C24H19NO2. The first-order valence-corrected chi connectivity index (χ1v) is 9.07. The van der Waals surface area contributed by atoms with Crippen LogP contribution in [0.15, 0.2) is 84.9 Å². The monoisotopic (exact) mass is 353 g/mol. The summed E-state index contributed by atoms with van der Waals surface area (Å²) in [6, 6.07) is 27.2. The first-order chi connectivity index (χ1) is 13.2. The van der Waals surface area contributed by atoms with E-state index in [1.165, 1.54) is 0 Å². The van der Waals surface area contributed by atoms with Crippen LogP contribution in [0.2, 0.25) is 0 Å². The molecule has 0 aromatic heterocycles. The fourth-order valence-electron chi connectivity index (χ4n) is 4.19. The molecule has 1 heterocycles. The highest BCUT2D eigenvalue weighted by molar-refractivity contribution is 5.95. The lowest BCUT2D eigenvalue weighted by molar-refractivity contribution is 0.433. The van der Waals surface area contributed by atoms with E-state index in [9.17, 15) is 10.2 Å². The lowest BCUT2D eigenvalue weighted by Crippen LogP contribution is -2.32. The lowest BCUT2D eigenvalue weighted by Gasteiger charge is -2.35. The molecule has 4 aromatic rings. The van der Waals surface area contributed by atoms with Crippen LogP contribution in [0, 0.1) is 0 Å². The molecule has 0 saturated carbocycles. The number of phenolic OH excluding ortho intramolecular Hbond substituents is 2. The van der Waals surface area contributed by atoms with Crippen molar-refractivity contribution in [2.75, 3.05) is 0 Å². The summed E-state index contributed by atoms with van der Waals surface area (Å²) in [6.07, 6.45) is 0. The largest absolute Gasteiger partial charge is 0.508 e. The molecule has 0 radical (unpaired) electrons. The van der Waals surface area contributed by atoms with Crippen LogP contribution in [-0.2, 0) is 0 Å². The van der Waals surface area contributed by atoms with Gasteiger partial charge in [-0.25, -0.2) is 0 Å². The number of hydrogen-bond donors (Lipinski definition) is 3. The van der Waals surface area contributed by atoms with Gasteiger partial charge in [0.1, 0.15) is 11.5 Å². The van der Waals surface area contributed by atoms with Crippen LogP contribution in [0.1, 0.15) is 34.3 Å². The van der Waals surface area contributed by atoms with Crippen molar-refractivity contribution in [2.24, 2.45) is 0 Å². The fraction of sp³-hybridized carbons (Fsp3) is 0.0833. The first-order valence-electron chi connectivity index (χ1n) is 9.07. The fourth-order valence-corrected chi connectivity index (χ4v) is 4.19. The molecule has 3 heteroatoms. The van der Waals surface area contributed by atoms with Gasteiger partial charge in [0.15, 0.2) is 0 Å². The third-order valence-electron chi connectivity index (χ3n) is 5.40. The Hall–Kier alpha value is -3.30. The predicted octanol–water partition coefficient (Wildman–Crippen LogP) is 5.03. The predicted molar refractivity (Wildman–Crippen MR) is 107 cm³/mol. The number of rotatable bonds is 2. The second-order valence-electron chi connectivity index (χ2n) is 6.95. The molecule has 132 valence electrons. The molecule has 0 bridgehead atoms. The van der Waals surface area contributed by atoms with Crippen molar-refractivity contribution in [3.05, 3.63) is 107 Å². The zero-order chi connectivity index (χ0) is 18.4. The maximum Gasteiger partial charge on any atom is 0.121 e.